The maximum atomic E-state index is 11.3. The Morgan fingerprint density at radius 2 is 2.25 bits per heavy atom. The Hall–Kier alpha value is -0.830. The molecular formula is C9H15NO2. The fourth-order valence-electron chi connectivity index (χ4n) is 0.974. The standard InChI is InChI=1S/C9H15NO2/c1-9(2,3)12-8(11)7-4-5-10-6-7/h4,10H,5-6H2,1-3H3. The van der Waals surface area contributed by atoms with Gasteiger partial charge < -0.3 is 10.1 Å². The summed E-state index contributed by atoms with van der Waals surface area (Å²) in [5.41, 5.74) is 0.352. The molecule has 1 rings (SSSR count). The molecule has 0 saturated carbocycles. The number of carbonyl (C=O) groups is 1. The van der Waals surface area contributed by atoms with Gasteiger partial charge in [0.15, 0.2) is 0 Å². The number of carbonyl (C=O) groups excluding carboxylic acids is 1. The molecule has 0 saturated heterocycles. The molecule has 1 heterocycles. The number of nitrogens with one attached hydrogen (secondary N) is 1. The van der Waals surface area contributed by atoms with E-state index in [9.17, 15) is 4.79 Å². The number of hydrogen-bond acceptors (Lipinski definition) is 3. The van der Waals surface area contributed by atoms with Gasteiger partial charge in [-0.15, -0.1) is 0 Å². The summed E-state index contributed by atoms with van der Waals surface area (Å²) in [6, 6.07) is 0. The molecule has 0 aromatic rings. The largest absolute Gasteiger partial charge is 0.457 e. The molecule has 0 aliphatic carbocycles. The van der Waals surface area contributed by atoms with Crippen molar-refractivity contribution in [2.75, 3.05) is 13.1 Å². The lowest BCUT2D eigenvalue weighted by atomic mass is 10.2. The number of hydrogen-bond donors (Lipinski definition) is 1. The van der Waals surface area contributed by atoms with Crippen LogP contribution < -0.4 is 5.32 Å². The summed E-state index contributed by atoms with van der Waals surface area (Å²) in [6.07, 6.45) is 1.87. The van der Waals surface area contributed by atoms with E-state index in [2.05, 4.69) is 5.32 Å². The maximum Gasteiger partial charge on any atom is 0.335 e. The van der Waals surface area contributed by atoms with Crippen LogP contribution in [0.2, 0.25) is 0 Å². The predicted molar refractivity (Wildman–Crippen MR) is 46.8 cm³/mol. The molecule has 0 radical (unpaired) electrons. The van der Waals surface area contributed by atoms with Crippen molar-refractivity contribution in [1.82, 2.24) is 5.32 Å². The van der Waals surface area contributed by atoms with E-state index < -0.39 is 0 Å². The van der Waals surface area contributed by atoms with Crippen molar-refractivity contribution in [3.8, 4) is 0 Å². The summed E-state index contributed by atoms with van der Waals surface area (Å²) in [5, 5.41) is 3.05. The highest BCUT2D eigenvalue weighted by molar-refractivity contribution is 5.89. The summed E-state index contributed by atoms with van der Waals surface area (Å²) >= 11 is 0. The summed E-state index contributed by atoms with van der Waals surface area (Å²) in [5.74, 6) is -0.201. The van der Waals surface area contributed by atoms with Crippen LogP contribution in [0.15, 0.2) is 11.6 Å². The van der Waals surface area contributed by atoms with Crippen molar-refractivity contribution < 1.29 is 9.53 Å². The van der Waals surface area contributed by atoms with E-state index in [4.69, 9.17) is 4.74 Å². The van der Waals surface area contributed by atoms with Crippen molar-refractivity contribution in [1.29, 1.82) is 0 Å². The first kappa shape index (κ1) is 9.26. The smallest absolute Gasteiger partial charge is 0.335 e. The third-order valence-corrected chi connectivity index (χ3v) is 1.47. The lowest BCUT2D eigenvalue weighted by Gasteiger charge is -2.19. The minimum Gasteiger partial charge on any atom is -0.457 e. The molecule has 0 spiro atoms. The SMILES string of the molecule is CC(C)(C)OC(=O)C1=CCNC1. The molecule has 0 amide bonds. The predicted octanol–water partition coefficient (Wildman–Crippen LogP) is 0.858. The number of ether oxygens (including phenoxy) is 1. The molecule has 3 nitrogen and oxygen atoms in total. The minimum absolute atomic E-state index is 0.201. The van der Waals surface area contributed by atoms with Crippen molar-refractivity contribution in [2.24, 2.45) is 0 Å². The Labute approximate surface area is 72.8 Å². The van der Waals surface area contributed by atoms with Gasteiger partial charge in [0, 0.05) is 18.7 Å². The van der Waals surface area contributed by atoms with E-state index in [-0.39, 0.29) is 11.6 Å². The monoisotopic (exact) mass is 169 g/mol. The fourth-order valence-corrected chi connectivity index (χ4v) is 0.974. The van der Waals surface area contributed by atoms with Gasteiger partial charge in [0.1, 0.15) is 5.60 Å². The lowest BCUT2D eigenvalue weighted by Crippen LogP contribution is -2.26. The second-order valence-corrected chi connectivity index (χ2v) is 3.86. The normalized spacial score (nSPS) is 17.4. The van der Waals surface area contributed by atoms with Crippen LogP contribution in [0.3, 0.4) is 0 Å². The summed E-state index contributed by atoms with van der Waals surface area (Å²) < 4.78 is 5.17. The highest BCUT2D eigenvalue weighted by atomic mass is 16.6. The Morgan fingerprint density at radius 3 is 2.67 bits per heavy atom. The van der Waals surface area contributed by atoms with Gasteiger partial charge in [0.2, 0.25) is 0 Å². The van der Waals surface area contributed by atoms with Crippen molar-refractivity contribution in [3.05, 3.63) is 11.6 Å². The van der Waals surface area contributed by atoms with Crippen molar-refractivity contribution in [3.63, 3.8) is 0 Å². The first-order chi connectivity index (χ1) is 5.49. The van der Waals surface area contributed by atoms with E-state index in [1.165, 1.54) is 0 Å². The first-order valence-corrected chi connectivity index (χ1v) is 4.12. The topological polar surface area (TPSA) is 38.3 Å². The maximum absolute atomic E-state index is 11.3. The summed E-state index contributed by atoms with van der Waals surface area (Å²) in [4.78, 5) is 11.3. The third kappa shape index (κ3) is 2.66. The quantitative estimate of drug-likeness (QED) is 0.592. The van der Waals surface area contributed by atoms with E-state index in [1.54, 1.807) is 0 Å². The van der Waals surface area contributed by atoms with Crippen LogP contribution in [0.4, 0.5) is 0 Å². The molecule has 68 valence electrons. The summed E-state index contributed by atoms with van der Waals surface area (Å²) in [6.45, 7) is 7.01. The van der Waals surface area contributed by atoms with Gasteiger partial charge in [0.05, 0.1) is 0 Å². The number of esters is 1. The van der Waals surface area contributed by atoms with Crippen LogP contribution in [0, 0.1) is 0 Å². The van der Waals surface area contributed by atoms with E-state index >= 15 is 0 Å². The van der Waals surface area contributed by atoms with Gasteiger partial charge in [-0.2, -0.15) is 0 Å². The molecule has 1 aliphatic rings. The molecule has 0 fully saturated rings. The number of rotatable bonds is 1. The van der Waals surface area contributed by atoms with E-state index in [0.29, 0.717) is 6.54 Å². The molecule has 0 aromatic heterocycles. The van der Waals surface area contributed by atoms with Crippen LogP contribution in [0.1, 0.15) is 20.8 Å². The highest BCUT2D eigenvalue weighted by Crippen LogP contribution is 2.11. The second-order valence-electron chi connectivity index (χ2n) is 3.86. The highest BCUT2D eigenvalue weighted by Gasteiger charge is 2.20. The van der Waals surface area contributed by atoms with Gasteiger partial charge in [0.25, 0.3) is 0 Å². The Morgan fingerprint density at radius 1 is 1.58 bits per heavy atom. The van der Waals surface area contributed by atoms with Crippen LogP contribution in [-0.2, 0) is 9.53 Å². The molecule has 3 heteroatoms. The Bertz CT molecular complexity index is 213. The average molecular weight is 169 g/mol. The Balaban J connectivity index is 2.49. The van der Waals surface area contributed by atoms with Gasteiger partial charge in [-0.25, -0.2) is 4.79 Å². The zero-order valence-electron chi connectivity index (χ0n) is 7.81. The third-order valence-electron chi connectivity index (χ3n) is 1.47. The molecular weight excluding hydrogens is 154 g/mol. The lowest BCUT2D eigenvalue weighted by molar-refractivity contribution is -0.149. The van der Waals surface area contributed by atoms with E-state index in [0.717, 1.165) is 12.1 Å². The van der Waals surface area contributed by atoms with Gasteiger partial charge in [-0.1, -0.05) is 6.08 Å². The second kappa shape index (κ2) is 3.27. The van der Waals surface area contributed by atoms with Crippen molar-refractivity contribution in [2.45, 2.75) is 26.4 Å². The zero-order valence-corrected chi connectivity index (χ0v) is 7.81. The van der Waals surface area contributed by atoms with Gasteiger partial charge in [-0.3, -0.25) is 0 Å². The molecule has 1 aliphatic heterocycles. The minimum atomic E-state index is -0.388. The molecule has 12 heavy (non-hydrogen) atoms. The van der Waals surface area contributed by atoms with Crippen LogP contribution >= 0.6 is 0 Å². The first-order valence-electron chi connectivity index (χ1n) is 4.12. The van der Waals surface area contributed by atoms with Crippen molar-refractivity contribution >= 4 is 5.97 Å². The molecule has 0 aromatic carbocycles. The summed E-state index contributed by atoms with van der Waals surface area (Å²) in [7, 11) is 0. The molecule has 0 bridgehead atoms. The van der Waals surface area contributed by atoms with Crippen LogP contribution in [-0.4, -0.2) is 24.7 Å². The molecule has 0 unspecified atom stereocenters. The fraction of sp³-hybridized carbons (Fsp3) is 0.667. The zero-order chi connectivity index (χ0) is 9.19. The van der Waals surface area contributed by atoms with E-state index in [1.807, 2.05) is 26.8 Å². The molecule has 1 N–H and O–H groups in total. The van der Waals surface area contributed by atoms with Crippen LogP contribution in [0.5, 0.6) is 0 Å². The Kier molecular flexibility index (Phi) is 2.52. The average Bonchev–Trinajstić information content (AvgIpc) is 2.32. The van der Waals surface area contributed by atoms with Gasteiger partial charge in [-0.05, 0) is 20.8 Å². The van der Waals surface area contributed by atoms with Gasteiger partial charge >= 0.3 is 5.97 Å². The molecule has 0 atom stereocenters. The van der Waals surface area contributed by atoms with Crippen LogP contribution in [0.25, 0.3) is 0 Å².